The lowest BCUT2D eigenvalue weighted by Gasteiger charge is -2.33. The van der Waals surface area contributed by atoms with E-state index in [1.165, 1.54) is 17.1 Å². The summed E-state index contributed by atoms with van der Waals surface area (Å²) in [5.41, 5.74) is 0.483. The van der Waals surface area contributed by atoms with Crippen molar-refractivity contribution in [1.82, 2.24) is 15.0 Å². The fraction of sp³-hybridized carbons (Fsp3) is 0.417. The Labute approximate surface area is 189 Å². The van der Waals surface area contributed by atoms with Crippen LogP contribution in [0.1, 0.15) is 49.4 Å². The summed E-state index contributed by atoms with van der Waals surface area (Å²) in [6.07, 6.45) is 6.31. The molecule has 9 heteroatoms. The van der Waals surface area contributed by atoms with E-state index in [2.05, 4.69) is 26.9 Å². The Morgan fingerprint density at radius 3 is 2.45 bits per heavy atom. The van der Waals surface area contributed by atoms with Gasteiger partial charge in [0.25, 0.3) is 0 Å². The average molecular weight is 453 g/mol. The largest absolute Gasteiger partial charge is 0.341 e. The summed E-state index contributed by atoms with van der Waals surface area (Å²) in [6, 6.07) is 2.76. The van der Waals surface area contributed by atoms with Crippen LogP contribution in [0.3, 0.4) is 0 Å². The van der Waals surface area contributed by atoms with E-state index in [0.29, 0.717) is 49.8 Å². The van der Waals surface area contributed by atoms with Crippen LogP contribution >= 0.6 is 0 Å². The van der Waals surface area contributed by atoms with Crippen LogP contribution in [0, 0.1) is 41.1 Å². The van der Waals surface area contributed by atoms with Gasteiger partial charge in [-0.15, -0.1) is 0 Å². The number of nitrogens with zero attached hydrogens (tertiary/aromatic N) is 5. The van der Waals surface area contributed by atoms with Gasteiger partial charge in [0.2, 0.25) is 11.9 Å². The van der Waals surface area contributed by atoms with Crippen LogP contribution < -0.4 is 4.90 Å². The van der Waals surface area contributed by atoms with Crippen molar-refractivity contribution in [3.8, 4) is 11.8 Å². The summed E-state index contributed by atoms with van der Waals surface area (Å²) >= 11 is 0. The third-order valence-electron chi connectivity index (χ3n) is 6.16. The number of anilines is 1. The van der Waals surface area contributed by atoms with Gasteiger partial charge in [0.05, 0.1) is 12.2 Å². The topological polar surface area (TPSA) is 61.7 Å². The van der Waals surface area contributed by atoms with E-state index in [4.69, 9.17) is 0 Å². The zero-order valence-electron chi connectivity index (χ0n) is 17.8. The molecule has 1 aromatic heterocycles. The highest BCUT2D eigenvalue weighted by Gasteiger charge is 2.35. The van der Waals surface area contributed by atoms with Crippen LogP contribution in [0.15, 0.2) is 29.5 Å². The summed E-state index contributed by atoms with van der Waals surface area (Å²) in [6.45, 7) is 1.04. The van der Waals surface area contributed by atoms with E-state index in [9.17, 15) is 18.0 Å². The molecule has 1 atom stereocenters. The number of halogens is 3. The Kier molecular flexibility index (Phi) is 5.75. The molecule has 1 aliphatic carbocycles. The molecule has 0 bridgehead atoms. The smallest absolute Gasteiger partial charge is 0.246 e. The highest BCUT2D eigenvalue weighted by Crippen LogP contribution is 2.33. The zero-order valence-corrected chi connectivity index (χ0v) is 17.8. The second-order valence-electron chi connectivity index (χ2n) is 8.61. The lowest BCUT2D eigenvalue weighted by Crippen LogP contribution is -2.41. The monoisotopic (exact) mass is 453 g/mol. The maximum absolute atomic E-state index is 14.0. The van der Waals surface area contributed by atoms with Gasteiger partial charge in [-0.2, -0.15) is 5.10 Å². The summed E-state index contributed by atoms with van der Waals surface area (Å²) in [7, 11) is 0. The predicted molar refractivity (Wildman–Crippen MR) is 116 cm³/mol. The Morgan fingerprint density at radius 2 is 1.76 bits per heavy atom. The molecule has 1 amide bonds. The van der Waals surface area contributed by atoms with Crippen molar-refractivity contribution in [3.05, 3.63) is 53.1 Å². The first-order valence-corrected chi connectivity index (χ1v) is 11.1. The summed E-state index contributed by atoms with van der Waals surface area (Å²) < 4.78 is 41.4. The molecule has 1 saturated carbocycles. The highest BCUT2D eigenvalue weighted by molar-refractivity contribution is 5.82. The number of aromatic nitrogens is 2. The Balaban J connectivity index is 1.24. The van der Waals surface area contributed by atoms with Crippen molar-refractivity contribution in [3.63, 3.8) is 0 Å². The molecule has 3 aliphatic rings. The number of hydrazone groups is 1. The van der Waals surface area contributed by atoms with Gasteiger partial charge in [-0.3, -0.25) is 4.79 Å². The third kappa shape index (κ3) is 4.70. The summed E-state index contributed by atoms with van der Waals surface area (Å²) in [5, 5.41) is 5.53. The number of rotatable bonds is 3. The predicted octanol–water partition coefficient (Wildman–Crippen LogP) is 3.83. The summed E-state index contributed by atoms with van der Waals surface area (Å²) in [4.78, 5) is 23.5. The van der Waals surface area contributed by atoms with Gasteiger partial charge in [-0.05, 0) is 49.3 Å². The van der Waals surface area contributed by atoms with Crippen molar-refractivity contribution in [1.29, 1.82) is 0 Å². The molecule has 6 nitrogen and oxygen atoms in total. The quantitative estimate of drug-likeness (QED) is 0.663. The molecule has 3 heterocycles. The fourth-order valence-electron chi connectivity index (χ4n) is 4.18. The molecule has 0 unspecified atom stereocenters. The van der Waals surface area contributed by atoms with Gasteiger partial charge in [0.15, 0.2) is 11.5 Å². The maximum Gasteiger partial charge on any atom is 0.246 e. The van der Waals surface area contributed by atoms with Crippen molar-refractivity contribution in [2.24, 2.45) is 16.9 Å². The number of piperidine rings is 1. The number of carbonyl (C=O) groups excluding carboxylic acids is 1. The van der Waals surface area contributed by atoms with Gasteiger partial charge >= 0.3 is 0 Å². The van der Waals surface area contributed by atoms with Crippen LogP contribution in [0.25, 0.3) is 0 Å². The van der Waals surface area contributed by atoms with Crippen LogP contribution in [0.2, 0.25) is 0 Å². The second kappa shape index (κ2) is 8.85. The van der Waals surface area contributed by atoms with E-state index in [-0.39, 0.29) is 17.5 Å². The highest BCUT2D eigenvalue weighted by atomic mass is 19.1. The van der Waals surface area contributed by atoms with E-state index in [0.717, 1.165) is 25.1 Å². The summed E-state index contributed by atoms with van der Waals surface area (Å²) in [5.74, 6) is 4.20. The minimum absolute atomic E-state index is 0.0988. The van der Waals surface area contributed by atoms with Crippen molar-refractivity contribution >= 4 is 18.1 Å². The SMILES string of the molecule is O=C(C1CCN(c2ncc(F)c(C#CC3CC3)n2)CC1)N1N=CC[C@H]1c1cc(F)cc(F)c1. The first-order chi connectivity index (χ1) is 16.0. The van der Waals surface area contributed by atoms with E-state index in [1.54, 1.807) is 6.21 Å². The van der Waals surface area contributed by atoms with Gasteiger partial charge in [0, 0.05) is 43.6 Å². The van der Waals surface area contributed by atoms with Crippen LogP contribution in [0.5, 0.6) is 0 Å². The normalized spacial score (nSPS) is 20.6. The number of carbonyl (C=O) groups is 1. The Bertz CT molecular complexity index is 1140. The van der Waals surface area contributed by atoms with Crippen molar-refractivity contribution in [2.45, 2.75) is 38.1 Å². The number of hydrogen-bond donors (Lipinski definition) is 0. The molecule has 5 rings (SSSR count). The lowest BCUT2D eigenvalue weighted by atomic mass is 9.94. The molecule has 0 spiro atoms. The first-order valence-electron chi connectivity index (χ1n) is 11.1. The molecule has 170 valence electrons. The van der Waals surface area contributed by atoms with Crippen LogP contribution in [-0.2, 0) is 4.79 Å². The minimum atomic E-state index is -0.682. The molecule has 1 aromatic carbocycles. The number of amides is 1. The van der Waals surface area contributed by atoms with Gasteiger partial charge in [0.1, 0.15) is 11.6 Å². The molecular formula is C24H22F3N5O. The average Bonchev–Trinajstić information content (AvgIpc) is 3.51. The second-order valence-corrected chi connectivity index (χ2v) is 8.61. The number of hydrogen-bond acceptors (Lipinski definition) is 5. The fourth-order valence-corrected chi connectivity index (χ4v) is 4.18. The maximum atomic E-state index is 14.0. The lowest BCUT2D eigenvalue weighted by molar-refractivity contribution is -0.138. The molecule has 2 aliphatic heterocycles. The number of benzene rings is 1. The zero-order chi connectivity index (χ0) is 22.9. The molecule has 2 aromatic rings. The van der Waals surface area contributed by atoms with Gasteiger partial charge in [-0.1, -0.05) is 5.92 Å². The molecule has 33 heavy (non-hydrogen) atoms. The minimum Gasteiger partial charge on any atom is -0.341 e. The molecular weight excluding hydrogens is 431 g/mol. The van der Waals surface area contributed by atoms with E-state index < -0.39 is 23.5 Å². The van der Waals surface area contributed by atoms with Gasteiger partial charge < -0.3 is 4.90 Å². The molecule has 0 radical (unpaired) electrons. The Hall–Kier alpha value is -3.41. The standard InChI is InChI=1S/C24H22F3N5O/c25-18-11-17(12-19(26)13-18)22-5-8-29-32(22)23(33)16-6-9-31(10-7-16)24-28-14-20(27)21(30-24)4-3-15-1-2-15/h8,11-16,22H,1-2,5-7,9-10H2/t22-/m0/s1. The van der Waals surface area contributed by atoms with Gasteiger partial charge in [-0.25, -0.2) is 28.1 Å². The molecule has 2 fully saturated rings. The van der Waals surface area contributed by atoms with Crippen molar-refractivity contribution < 1.29 is 18.0 Å². The van der Waals surface area contributed by atoms with Crippen molar-refractivity contribution in [2.75, 3.05) is 18.0 Å². The third-order valence-corrected chi connectivity index (χ3v) is 6.16. The van der Waals surface area contributed by atoms with Crippen LogP contribution in [-0.4, -0.2) is 40.2 Å². The van der Waals surface area contributed by atoms with E-state index in [1.807, 2.05) is 4.90 Å². The van der Waals surface area contributed by atoms with E-state index >= 15 is 0 Å². The molecule has 0 N–H and O–H groups in total. The van der Waals surface area contributed by atoms with Crippen LogP contribution in [0.4, 0.5) is 19.1 Å². The first kappa shape index (κ1) is 21.4. The Morgan fingerprint density at radius 1 is 1.03 bits per heavy atom. The molecule has 1 saturated heterocycles.